The number of benzene rings is 1. The molecule has 2 aromatic heterocycles. The zero-order valence-electron chi connectivity index (χ0n) is 18.8. The van der Waals surface area contributed by atoms with Crippen LogP contribution in [0.2, 0.25) is 0 Å². The fourth-order valence-corrected chi connectivity index (χ4v) is 3.57. The summed E-state index contributed by atoms with van der Waals surface area (Å²) in [6.07, 6.45) is 4.60. The van der Waals surface area contributed by atoms with E-state index in [1.54, 1.807) is 6.20 Å². The largest absolute Gasteiger partial charge is 0.378 e. The normalized spacial score (nSPS) is 13.9. The third-order valence-electron chi connectivity index (χ3n) is 5.26. The molecule has 3 aromatic rings. The molecule has 0 saturated carbocycles. The maximum Gasteiger partial charge on any atom is 0.225 e. The van der Waals surface area contributed by atoms with Gasteiger partial charge in [0, 0.05) is 55.0 Å². The van der Waals surface area contributed by atoms with Crippen molar-refractivity contribution in [1.29, 1.82) is 0 Å². The van der Waals surface area contributed by atoms with Gasteiger partial charge in [0.1, 0.15) is 5.82 Å². The van der Waals surface area contributed by atoms with Crippen LogP contribution in [0.15, 0.2) is 54.9 Å². The van der Waals surface area contributed by atoms with E-state index in [-0.39, 0.29) is 0 Å². The van der Waals surface area contributed by atoms with Crippen LogP contribution < -0.4 is 15.5 Å². The van der Waals surface area contributed by atoms with Crippen molar-refractivity contribution < 1.29 is 4.74 Å². The van der Waals surface area contributed by atoms with Gasteiger partial charge in [0.2, 0.25) is 5.95 Å². The highest BCUT2D eigenvalue weighted by molar-refractivity contribution is 5.67. The zero-order chi connectivity index (χ0) is 22.2. The molecule has 8 heteroatoms. The molecule has 8 nitrogen and oxygen atoms in total. The van der Waals surface area contributed by atoms with Gasteiger partial charge in [-0.25, -0.2) is 4.98 Å². The van der Waals surface area contributed by atoms with Gasteiger partial charge in [-0.1, -0.05) is 0 Å². The summed E-state index contributed by atoms with van der Waals surface area (Å²) in [5.41, 5.74) is 3.98. The number of morpholine rings is 1. The molecule has 1 saturated heterocycles. The molecule has 32 heavy (non-hydrogen) atoms. The van der Waals surface area contributed by atoms with Crippen LogP contribution in [0.5, 0.6) is 0 Å². The van der Waals surface area contributed by atoms with Gasteiger partial charge in [0.15, 0.2) is 0 Å². The first-order valence-electron chi connectivity index (χ1n) is 11.1. The lowest BCUT2D eigenvalue weighted by molar-refractivity contribution is 0.122. The summed E-state index contributed by atoms with van der Waals surface area (Å²) in [6, 6.07) is 14.3. The molecule has 1 aliphatic rings. The van der Waals surface area contributed by atoms with Crippen LogP contribution in [-0.2, 0) is 4.74 Å². The Bertz CT molecular complexity index is 973. The summed E-state index contributed by atoms with van der Waals surface area (Å²) >= 11 is 0. The summed E-state index contributed by atoms with van der Waals surface area (Å²) in [4.78, 5) is 18.1. The number of rotatable bonds is 9. The van der Waals surface area contributed by atoms with Crippen molar-refractivity contribution >= 4 is 23.1 Å². The first kappa shape index (κ1) is 22.0. The molecular formula is C24H31N7O. The molecule has 0 unspecified atom stereocenters. The van der Waals surface area contributed by atoms with Gasteiger partial charge in [-0.05, 0) is 63.5 Å². The molecule has 0 bridgehead atoms. The quantitative estimate of drug-likeness (QED) is 0.497. The summed E-state index contributed by atoms with van der Waals surface area (Å²) in [7, 11) is 4.15. The number of anilines is 4. The molecule has 168 valence electrons. The monoisotopic (exact) mass is 433 g/mol. The minimum Gasteiger partial charge on any atom is -0.378 e. The van der Waals surface area contributed by atoms with E-state index in [2.05, 4.69) is 68.8 Å². The molecule has 3 heterocycles. The van der Waals surface area contributed by atoms with Crippen molar-refractivity contribution in [3.8, 4) is 11.3 Å². The molecule has 0 atom stereocenters. The van der Waals surface area contributed by atoms with Gasteiger partial charge in [0.25, 0.3) is 0 Å². The minimum atomic E-state index is 0.609. The highest BCUT2D eigenvalue weighted by Gasteiger charge is 2.11. The highest BCUT2D eigenvalue weighted by atomic mass is 16.5. The van der Waals surface area contributed by atoms with Crippen LogP contribution in [-0.4, -0.2) is 73.3 Å². The Hall–Kier alpha value is -3.23. The average Bonchev–Trinajstić information content (AvgIpc) is 2.83. The second-order valence-corrected chi connectivity index (χ2v) is 8.06. The van der Waals surface area contributed by atoms with Crippen LogP contribution in [0.25, 0.3) is 11.3 Å². The van der Waals surface area contributed by atoms with Crippen LogP contribution in [0, 0.1) is 0 Å². The van der Waals surface area contributed by atoms with Crippen LogP contribution in [0.3, 0.4) is 0 Å². The van der Waals surface area contributed by atoms with Gasteiger partial charge < -0.3 is 25.2 Å². The SMILES string of the molecule is CN(C)CCCNc1nc(Nc2ccc(N3CCOCC3)cc2)cc(-c2cccnc2)n1. The van der Waals surface area contributed by atoms with E-state index >= 15 is 0 Å². The molecule has 0 radical (unpaired) electrons. The lowest BCUT2D eigenvalue weighted by atomic mass is 10.2. The van der Waals surface area contributed by atoms with E-state index in [0.29, 0.717) is 5.95 Å². The van der Waals surface area contributed by atoms with Gasteiger partial charge in [-0.3, -0.25) is 4.98 Å². The second kappa shape index (κ2) is 10.9. The number of nitrogens with zero attached hydrogens (tertiary/aromatic N) is 5. The molecule has 1 aromatic carbocycles. The maximum absolute atomic E-state index is 5.45. The van der Waals surface area contributed by atoms with Gasteiger partial charge in [0.05, 0.1) is 18.9 Å². The van der Waals surface area contributed by atoms with Crippen LogP contribution in [0.1, 0.15) is 6.42 Å². The Morgan fingerprint density at radius 2 is 1.88 bits per heavy atom. The van der Waals surface area contributed by atoms with Crippen LogP contribution >= 0.6 is 0 Å². The third kappa shape index (κ3) is 6.15. The standard InChI is InChI=1S/C24H31N7O/c1-30(2)12-4-11-26-24-28-22(19-5-3-10-25-18-19)17-23(29-24)27-20-6-8-21(9-7-20)31-13-15-32-16-14-31/h3,5-10,17-18H,4,11-16H2,1-2H3,(H2,26,27,28,29). The smallest absolute Gasteiger partial charge is 0.225 e. The zero-order valence-corrected chi connectivity index (χ0v) is 18.8. The lowest BCUT2D eigenvalue weighted by Gasteiger charge is -2.28. The Kier molecular flexibility index (Phi) is 7.47. The predicted molar refractivity (Wildman–Crippen MR) is 130 cm³/mol. The van der Waals surface area contributed by atoms with E-state index in [9.17, 15) is 0 Å². The number of ether oxygens (including phenoxy) is 1. The summed E-state index contributed by atoms with van der Waals surface area (Å²) in [5.74, 6) is 1.35. The number of aromatic nitrogens is 3. The van der Waals surface area contributed by atoms with Crippen molar-refractivity contribution in [1.82, 2.24) is 19.9 Å². The topological polar surface area (TPSA) is 78.4 Å². The average molecular weight is 434 g/mol. The Balaban J connectivity index is 1.50. The van der Waals surface area contributed by atoms with Crippen molar-refractivity contribution in [2.24, 2.45) is 0 Å². The number of nitrogens with one attached hydrogen (secondary N) is 2. The van der Waals surface area contributed by atoms with Gasteiger partial charge >= 0.3 is 0 Å². The number of hydrogen-bond donors (Lipinski definition) is 2. The van der Waals surface area contributed by atoms with E-state index in [1.807, 2.05) is 24.4 Å². The van der Waals surface area contributed by atoms with E-state index in [0.717, 1.165) is 68.6 Å². The van der Waals surface area contributed by atoms with Crippen LogP contribution in [0.4, 0.5) is 23.1 Å². The number of pyridine rings is 1. The lowest BCUT2D eigenvalue weighted by Crippen LogP contribution is -2.36. The highest BCUT2D eigenvalue weighted by Crippen LogP contribution is 2.25. The summed E-state index contributed by atoms with van der Waals surface area (Å²) < 4.78 is 5.45. The molecule has 2 N–H and O–H groups in total. The number of hydrogen-bond acceptors (Lipinski definition) is 8. The Morgan fingerprint density at radius 3 is 2.59 bits per heavy atom. The van der Waals surface area contributed by atoms with Crippen molar-refractivity contribution in [2.45, 2.75) is 6.42 Å². The van der Waals surface area contributed by atoms with E-state index in [1.165, 1.54) is 5.69 Å². The predicted octanol–water partition coefficient (Wildman–Crippen LogP) is 3.48. The summed E-state index contributed by atoms with van der Waals surface area (Å²) in [5, 5.41) is 6.79. The second-order valence-electron chi connectivity index (χ2n) is 8.06. The fourth-order valence-electron chi connectivity index (χ4n) is 3.57. The molecule has 0 spiro atoms. The first-order chi connectivity index (χ1) is 15.7. The third-order valence-corrected chi connectivity index (χ3v) is 5.26. The first-order valence-corrected chi connectivity index (χ1v) is 11.1. The molecule has 4 rings (SSSR count). The molecule has 0 amide bonds. The maximum atomic E-state index is 5.45. The Morgan fingerprint density at radius 1 is 1.06 bits per heavy atom. The molecular weight excluding hydrogens is 402 g/mol. The van der Waals surface area contributed by atoms with E-state index in [4.69, 9.17) is 9.72 Å². The Labute approximate surface area is 189 Å². The molecule has 1 aliphatic heterocycles. The van der Waals surface area contributed by atoms with Crippen molar-refractivity contribution in [3.05, 3.63) is 54.9 Å². The van der Waals surface area contributed by atoms with E-state index < -0.39 is 0 Å². The van der Waals surface area contributed by atoms with Gasteiger partial charge in [-0.15, -0.1) is 0 Å². The van der Waals surface area contributed by atoms with Gasteiger partial charge in [-0.2, -0.15) is 4.98 Å². The molecule has 1 fully saturated rings. The fraction of sp³-hybridized carbons (Fsp3) is 0.375. The van der Waals surface area contributed by atoms with Crippen molar-refractivity contribution in [2.75, 3.05) is 69.0 Å². The minimum absolute atomic E-state index is 0.609. The van der Waals surface area contributed by atoms with Crippen molar-refractivity contribution in [3.63, 3.8) is 0 Å². The molecule has 0 aliphatic carbocycles. The summed E-state index contributed by atoms with van der Waals surface area (Å²) in [6.45, 7) is 5.23.